The van der Waals surface area contributed by atoms with E-state index in [4.69, 9.17) is 19.2 Å². The van der Waals surface area contributed by atoms with Crippen molar-refractivity contribution in [3.63, 3.8) is 0 Å². The van der Waals surface area contributed by atoms with E-state index in [-0.39, 0.29) is 11.7 Å². The Labute approximate surface area is 230 Å². The van der Waals surface area contributed by atoms with Crippen LogP contribution in [0.25, 0.3) is 0 Å². The summed E-state index contributed by atoms with van der Waals surface area (Å²) in [6, 6.07) is 17.6. The predicted molar refractivity (Wildman–Crippen MR) is 149 cm³/mol. The van der Waals surface area contributed by atoms with E-state index in [0.717, 1.165) is 31.2 Å². The molecule has 7 heteroatoms. The molecule has 0 bridgehead atoms. The normalized spacial score (nSPS) is 17.4. The van der Waals surface area contributed by atoms with E-state index >= 15 is 0 Å². The third kappa shape index (κ3) is 8.12. The second-order valence-corrected chi connectivity index (χ2v) is 11.3. The average molecular weight is 531 g/mol. The van der Waals surface area contributed by atoms with Crippen LogP contribution < -0.4 is 9.47 Å². The Balaban J connectivity index is 1.45. The van der Waals surface area contributed by atoms with Crippen molar-refractivity contribution in [2.75, 3.05) is 0 Å². The maximum atomic E-state index is 13.2. The molecular formula is C32H38N2O5. The predicted octanol–water partition coefficient (Wildman–Crippen LogP) is 6.76. The van der Waals surface area contributed by atoms with Crippen LogP contribution in [0, 0.1) is 12.8 Å². The first kappa shape index (κ1) is 28.3. The lowest BCUT2D eigenvalue weighted by Crippen LogP contribution is -2.26. The number of rotatable bonds is 8. The summed E-state index contributed by atoms with van der Waals surface area (Å²) in [5, 5.41) is 0. The molecule has 1 heterocycles. The topological polar surface area (TPSA) is 87.6 Å². The Hall–Kier alpha value is -3.74. The van der Waals surface area contributed by atoms with Gasteiger partial charge in [0, 0.05) is 13.3 Å². The van der Waals surface area contributed by atoms with Gasteiger partial charge in [-0.2, -0.15) is 0 Å². The van der Waals surface area contributed by atoms with Crippen LogP contribution in [0.15, 0.2) is 54.6 Å². The fourth-order valence-corrected chi connectivity index (χ4v) is 5.01. The molecule has 0 saturated heterocycles. The Bertz CT molecular complexity index is 1270. The highest BCUT2D eigenvalue weighted by atomic mass is 16.6. The zero-order chi connectivity index (χ0) is 28.0. The third-order valence-corrected chi connectivity index (χ3v) is 6.83. The van der Waals surface area contributed by atoms with Crippen LogP contribution in [0.4, 0.5) is 0 Å². The second-order valence-electron chi connectivity index (χ2n) is 11.3. The largest absolute Gasteiger partial charge is 0.484 e. The van der Waals surface area contributed by atoms with Crippen molar-refractivity contribution < 1.29 is 23.8 Å². The molecule has 1 aromatic heterocycles. The SMILES string of the molecule is CC(=O)Oc1ccc(C2CCC(Cc3nc(C)c(OCc4ccccc4)c(C(=O)OC(C)(C)C)n3)CC2)cc1. The van der Waals surface area contributed by atoms with E-state index < -0.39 is 11.6 Å². The Morgan fingerprint density at radius 2 is 1.59 bits per heavy atom. The van der Waals surface area contributed by atoms with Crippen molar-refractivity contribution in [2.45, 2.75) is 84.8 Å². The van der Waals surface area contributed by atoms with Gasteiger partial charge < -0.3 is 14.2 Å². The minimum absolute atomic E-state index is 0.185. The summed E-state index contributed by atoms with van der Waals surface area (Å²) in [5.74, 6) is 1.69. The highest BCUT2D eigenvalue weighted by molar-refractivity contribution is 5.91. The summed E-state index contributed by atoms with van der Waals surface area (Å²) >= 11 is 0. The number of carbonyl (C=O) groups excluding carboxylic acids is 2. The molecule has 2 aromatic carbocycles. The molecule has 0 radical (unpaired) electrons. The number of aryl methyl sites for hydroxylation is 1. The van der Waals surface area contributed by atoms with Crippen molar-refractivity contribution in [1.29, 1.82) is 0 Å². The molecule has 3 aromatic rings. The van der Waals surface area contributed by atoms with Crippen LogP contribution in [-0.2, 0) is 22.6 Å². The van der Waals surface area contributed by atoms with E-state index in [1.54, 1.807) is 0 Å². The van der Waals surface area contributed by atoms with E-state index in [0.29, 0.717) is 47.9 Å². The number of benzene rings is 2. The smallest absolute Gasteiger partial charge is 0.361 e. The van der Waals surface area contributed by atoms with Gasteiger partial charge in [-0.25, -0.2) is 14.8 Å². The zero-order valence-electron chi connectivity index (χ0n) is 23.5. The number of esters is 2. The fourth-order valence-electron chi connectivity index (χ4n) is 5.01. The van der Waals surface area contributed by atoms with Crippen molar-refractivity contribution in [2.24, 2.45) is 5.92 Å². The second kappa shape index (κ2) is 12.4. The van der Waals surface area contributed by atoms with Crippen LogP contribution in [0.5, 0.6) is 11.5 Å². The van der Waals surface area contributed by atoms with E-state index in [1.807, 2.05) is 70.2 Å². The zero-order valence-corrected chi connectivity index (χ0v) is 23.5. The molecule has 1 aliphatic rings. The van der Waals surface area contributed by atoms with Crippen LogP contribution >= 0.6 is 0 Å². The monoisotopic (exact) mass is 530 g/mol. The molecule has 0 spiro atoms. The average Bonchev–Trinajstić information content (AvgIpc) is 2.88. The lowest BCUT2D eigenvalue weighted by atomic mass is 9.77. The van der Waals surface area contributed by atoms with E-state index in [2.05, 4.69) is 17.1 Å². The van der Waals surface area contributed by atoms with Crippen LogP contribution in [-0.4, -0.2) is 27.5 Å². The van der Waals surface area contributed by atoms with Crippen molar-refractivity contribution in [3.8, 4) is 11.5 Å². The molecular weight excluding hydrogens is 492 g/mol. The Morgan fingerprint density at radius 1 is 0.923 bits per heavy atom. The lowest BCUT2D eigenvalue weighted by molar-refractivity contribution is -0.131. The maximum absolute atomic E-state index is 13.2. The molecule has 7 nitrogen and oxygen atoms in total. The fraction of sp³-hybridized carbons (Fsp3) is 0.438. The van der Waals surface area contributed by atoms with Crippen molar-refractivity contribution in [1.82, 2.24) is 9.97 Å². The van der Waals surface area contributed by atoms with Gasteiger partial charge in [-0.3, -0.25) is 4.79 Å². The van der Waals surface area contributed by atoms with Gasteiger partial charge in [-0.05, 0) is 88.5 Å². The van der Waals surface area contributed by atoms with Gasteiger partial charge in [-0.15, -0.1) is 0 Å². The minimum atomic E-state index is -0.651. The summed E-state index contributed by atoms with van der Waals surface area (Å²) in [5.41, 5.74) is 2.43. The molecule has 1 fully saturated rings. The van der Waals surface area contributed by atoms with Gasteiger partial charge in [0.05, 0.1) is 5.69 Å². The van der Waals surface area contributed by atoms with Gasteiger partial charge in [0.25, 0.3) is 0 Å². The molecule has 0 aliphatic heterocycles. The molecule has 0 amide bonds. The third-order valence-electron chi connectivity index (χ3n) is 6.83. The summed E-state index contributed by atoms with van der Waals surface area (Å²) in [6.07, 6.45) is 4.93. The van der Waals surface area contributed by atoms with Gasteiger partial charge in [0.1, 0.15) is 23.8 Å². The van der Waals surface area contributed by atoms with Crippen molar-refractivity contribution >= 4 is 11.9 Å². The van der Waals surface area contributed by atoms with Gasteiger partial charge in [-0.1, -0.05) is 42.5 Å². The summed E-state index contributed by atoms with van der Waals surface area (Å²) < 4.78 is 16.9. The van der Waals surface area contributed by atoms with Gasteiger partial charge >= 0.3 is 11.9 Å². The van der Waals surface area contributed by atoms with Gasteiger partial charge in [0.15, 0.2) is 11.4 Å². The molecule has 4 rings (SSSR count). The number of aromatic nitrogens is 2. The molecule has 0 unspecified atom stereocenters. The molecule has 0 N–H and O–H groups in total. The quantitative estimate of drug-likeness (QED) is 0.235. The minimum Gasteiger partial charge on any atom is -0.484 e. The number of ether oxygens (including phenoxy) is 3. The molecule has 206 valence electrons. The number of hydrogen-bond donors (Lipinski definition) is 0. The highest BCUT2D eigenvalue weighted by Crippen LogP contribution is 2.37. The molecule has 0 atom stereocenters. The van der Waals surface area contributed by atoms with E-state index in [9.17, 15) is 9.59 Å². The summed E-state index contributed by atoms with van der Waals surface area (Å²) in [4.78, 5) is 33.7. The van der Waals surface area contributed by atoms with Crippen LogP contribution in [0.3, 0.4) is 0 Å². The Kier molecular flexibility index (Phi) is 9.00. The number of nitrogens with zero attached hydrogens (tertiary/aromatic N) is 2. The van der Waals surface area contributed by atoms with Crippen LogP contribution in [0.2, 0.25) is 0 Å². The first-order chi connectivity index (χ1) is 18.6. The summed E-state index contributed by atoms with van der Waals surface area (Å²) in [6.45, 7) is 9.09. The number of carbonyl (C=O) groups is 2. The molecule has 1 saturated carbocycles. The first-order valence-corrected chi connectivity index (χ1v) is 13.6. The standard InChI is InChI=1S/C32H38N2O5/c1-21-30(37-20-24-9-7-6-8-10-24)29(31(36)39-32(3,4)5)34-28(33-21)19-23-11-13-25(14-12-23)26-15-17-27(18-16-26)38-22(2)35/h6-10,15-18,23,25H,11-14,19-20H2,1-5H3. The van der Waals surface area contributed by atoms with E-state index in [1.165, 1.54) is 12.5 Å². The first-order valence-electron chi connectivity index (χ1n) is 13.6. The van der Waals surface area contributed by atoms with Gasteiger partial charge in [0.2, 0.25) is 0 Å². The molecule has 39 heavy (non-hydrogen) atoms. The highest BCUT2D eigenvalue weighted by Gasteiger charge is 2.28. The summed E-state index contributed by atoms with van der Waals surface area (Å²) in [7, 11) is 0. The Morgan fingerprint density at radius 3 is 2.21 bits per heavy atom. The van der Waals surface area contributed by atoms with Crippen molar-refractivity contribution in [3.05, 3.63) is 82.9 Å². The maximum Gasteiger partial charge on any atom is 0.361 e. The lowest BCUT2D eigenvalue weighted by Gasteiger charge is -2.28. The molecule has 1 aliphatic carbocycles. The number of hydrogen-bond acceptors (Lipinski definition) is 7. The van der Waals surface area contributed by atoms with Crippen LogP contribution in [0.1, 0.15) is 92.4 Å².